The second-order valence-electron chi connectivity index (χ2n) is 19.3. The molecule has 2 aliphatic rings. The van der Waals surface area contributed by atoms with Crippen molar-refractivity contribution in [3.8, 4) is 22.3 Å². The molecule has 0 atom stereocenters. The summed E-state index contributed by atoms with van der Waals surface area (Å²) in [6, 6.07) is 56.0. The van der Waals surface area contributed by atoms with Gasteiger partial charge in [0, 0.05) is 66.4 Å². The number of furan rings is 2. The molecular formula is C56H43BN2O2. The van der Waals surface area contributed by atoms with Gasteiger partial charge in [0.1, 0.15) is 16.7 Å². The highest BCUT2D eigenvalue weighted by molar-refractivity contribution is 6.90. The topological polar surface area (TPSA) is 34.5 Å². The Labute approximate surface area is 354 Å². The van der Waals surface area contributed by atoms with Crippen LogP contribution in [0.3, 0.4) is 0 Å². The number of aromatic nitrogens is 1. The Kier molecular flexibility index (Phi) is 6.77. The lowest BCUT2D eigenvalue weighted by Gasteiger charge is -2.41. The number of rotatable bonds is 2. The van der Waals surface area contributed by atoms with Crippen LogP contribution in [-0.2, 0) is 10.8 Å². The zero-order valence-corrected chi connectivity index (χ0v) is 35.2. The molecule has 61 heavy (non-hydrogen) atoms. The lowest BCUT2D eigenvalue weighted by Crippen LogP contribution is -2.56. The molecule has 0 N–H and O–H groups in total. The highest BCUT2D eigenvalue weighted by Gasteiger charge is 2.45. The van der Waals surface area contributed by atoms with Crippen LogP contribution in [0.5, 0.6) is 0 Å². The zero-order chi connectivity index (χ0) is 41.1. The first-order chi connectivity index (χ1) is 29.5. The van der Waals surface area contributed by atoms with Crippen LogP contribution >= 0.6 is 0 Å². The summed E-state index contributed by atoms with van der Waals surface area (Å²) in [5, 5.41) is 7.13. The lowest BCUT2D eigenvalue weighted by molar-refractivity contribution is 0.590. The van der Waals surface area contributed by atoms with Crippen LogP contribution in [0.15, 0.2) is 160 Å². The number of fused-ring (bicyclic) bond motifs is 14. The molecule has 0 aliphatic carbocycles. The van der Waals surface area contributed by atoms with Crippen molar-refractivity contribution < 1.29 is 8.83 Å². The van der Waals surface area contributed by atoms with Crippen LogP contribution < -0.4 is 15.8 Å². The second kappa shape index (κ2) is 11.9. The first-order valence-corrected chi connectivity index (χ1v) is 21.5. The molecule has 0 saturated heterocycles. The van der Waals surface area contributed by atoms with E-state index in [1.54, 1.807) is 0 Å². The van der Waals surface area contributed by atoms with Gasteiger partial charge >= 0.3 is 6.85 Å². The quantitative estimate of drug-likeness (QED) is 0.164. The Morgan fingerprint density at radius 3 is 1.97 bits per heavy atom. The molecule has 0 saturated carbocycles. The van der Waals surface area contributed by atoms with E-state index < -0.39 is 0 Å². The van der Waals surface area contributed by atoms with Gasteiger partial charge in [-0.3, -0.25) is 0 Å². The SMILES string of the molecule is CC(C)(C)c1ccc2c(c1)c1cc(C(C)(C)C)cc3c1n2B1c2ccc(-c4ccccc4)cc2N(c2cccc4c2oc2ccccc24)c2cc4oc5ccccc5c4c-3c21. The fourth-order valence-corrected chi connectivity index (χ4v) is 10.7. The van der Waals surface area contributed by atoms with E-state index in [2.05, 4.69) is 203 Å². The van der Waals surface area contributed by atoms with E-state index in [1.165, 1.54) is 65.9 Å². The van der Waals surface area contributed by atoms with Gasteiger partial charge in [0.2, 0.25) is 0 Å². The predicted octanol–water partition coefficient (Wildman–Crippen LogP) is 14.3. The summed E-state index contributed by atoms with van der Waals surface area (Å²) in [7, 11) is 0. The Balaban J connectivity index is 1.25. The molecule has 5 heteroatoms. The lowest BCUT2D eigenvalue weighted by atomic mass is 9.44. The number of para-hydroxylation sites is 3. The van der Waals surface area contributed by atoms with Crippen molar-refractivity contribution in [2.24, 2.45) is 0 Å². The van der Waals surface area contributed by atoms with E-state index in [0.29, 0.717) is 0 Å². The number of anilines is 3. The van der Waals surface area contributed by atoms with Gasteiger partial charge in [-0.25, -0.2) is 0 Å². The monoisotopic (exact) mass is 786 g/mol. The standard InChI is InChI=1S/C56H43BN2O2/c1-55(2,3)34-24-26-43-39(28-34)40-29-35(56(4,5)6)30-41-51-50-38-18-11-13-22-48(38)60-49(50)31-46-52(51)57(59(43)53(40)41)42-25-23-33(32-15-8-7-9-16-32)27-45(42)58(46)44-20-14-19-37-36-17-10-12-21-47(36)61-54(37)44/h7-31H,1-6H3. The van der Waals surface area contributed by atoms with Gasteiger partial charge in [-0.05, 0) is 98.1 Å². The normalized spacial score (nSPS) is 13.7. The molecule has 8 aromatic carbocycles. The van der Waals surface area contributed by atoms with Gasteiger partial charge in [-0.2, -0.15) is 0 Å². The maximum Gasteiger partial charge on any atom is 0.333 e. The summed E-state index contributed by atoms with van der Waals surface area (Å²) in [6.45, 7) is 13.9. The van der Waals surface area contributed by atoms with Gasteiger partial charge in [0.05, 0.1) is 5.69 Å². The van der Waals surface area contributed by atoms with E-state index in [1.807, 2.05) is 0 Å². The van der Waals surface area contributed by atoms with Crippen molar-refractivity contribution in [3.05, 3.63) is 163 Å². The van der Waals surface area contributed by atoms with Gasteiger partial charge < -0.3 is 18.2 Å². The van der Waals surface area contributed by atoms with Crippen LogP contribution in [-0.4, -0.2) is 11.3 Å². The van der Waals surface area contributed by atoms with Crippen molar-refractivity contribution in [1.82, 2.24) is 4.48 Å². The fraction of sp³-hybridized carbons (Fsp3) is 0.143. The highest BCUT2D eigenvalue weighted by atomic mass is 16.3. The van der Waals surface area contributed by atoms with Crippen molar-refractivity contribution in [2.45, 2.75) is 52.4 Å². The largest absolute Gasteiger partial charge is 0.456 e. The molecule has 0 amide bonds. The summed E-state index contributed by atoms with van der Waals surface area (Å²) < 4.78 is 16.5. The van der Waals surface area contributed by atoms with Crippen LogP contribution in [0.4, 0.5) is 17.1 Å². The maximum atomic E-state index is 6.96. The third-order valence-corrected chi connectivity index (χ3v) is 13.7. The summed E-state index contributed by atoms with van der Waals surface area (Å²) in [5.74, 6) is 0. The molecule has 13 rings (SSSR count). The first kappa shape index (κ1) is 34.8. The average Bonchev–Trinajstić information content (AvgIpc) is 3.94. The van der Waals surface area contributed by atoms with Gasteiger partial charge in [0.15, 0.2) is 5.58 Å². The minimum atomic E-state index is -0.123. The molecule has 292 valence electrons. The molecule has 2 aliphatic heterocycles. The molecule has 0 fully saturated rings. The van der Waals surface area contributed by atoms with Crippen LogP contribution in [0.25, 0.3) is 87.9 Å². The number of hydrogen-bond donors (Lipinski definition) is 0. The predicted molar refractivity (Wildman–Crippen MR) is 257 cm³/mol. The molecule has 4 nitrogen and oxygen atoms in total. The van der Waals surface area contributed by atoms with E-state index in [-0.39, 0.29) is 17.7 Å². The fourth-order valence-electron chi connectivity index (χ4n) is 10.7. The molecular weight excluding hydrogens is 743 g/mol. The minimum absolute atomic E-state index is 0.00524. The van der Waals surface area contributed by atoms with Crippen LogP contribution in [0, 0.1) is 0 Å². The number of nitrogens with zero attached hydrogens (tertiary/aromatic N) is 2. The third-order valence-electron chi connectivity index (χ3n) is 13.7. The summed E-state index contributed by atoms with van der Waals surface area (Å²) in [4.78, 5) is 2.48. The van der Waals surface area contributed by atoms with Crippen molar-refractivity contribution in [3.63, 3.8) is 0 Å². The van der Waals surface area contributed by atoms with E-state index in [0.717, 1.165) is 61.1 Å². The second-order valence-corrected chi connectivity index (χ2v) is 19.3. The zero-order valence-electron chi connectivity index (χ0n) is 35.2. The minimum Gasteiger partial charge on any atom is -0.456 e. The molecule has 0 spiro atoms. The molecule has 0 radical (unpaired) electrons. The van der Waals surface area contributed by atoms with Gasteiger partial charge in [-0.15, -0.1) is 0 Å². The molecule has 0 unspecified atom stereocenters. The van der Waals surface area contributed by atoms with Gasteiger partial charge in [-0.1, -0.05) is 139 Å². The first-order valence-electron chi connectivity index (χ1n) is 21.5. The van der Waals surface area contributed by atoms with E-state index >= 15 is 0 Å². The maximum absolute atomic E-state index is 6.96. The van der Waals surface area contributed by atoms with Crippen molar-refractivity contribution >= 4 is 101 Å². The Bertz CT molecular complexity index is 3680. The van der Waals surface area contributed by atoms with Crippen molar-refractivity contribution in [2.75, 3.05) is 4.90 Å². The van der Waals surface area contributed by atoms with Gasteiger partial charge in [0.25, 0.3) is 0 Å². The molecule has 11 aromatic rings. The summed E-state index contributed by atoms with van der Waals surface area (Å²) >= 11 is 0. The highest BCUT2D eigenvalue weighted by Crippen LogP contribution is 2.52. The van der Waals surface area contributed by atoms with E-state index in [9.17, 15) is 0 Å². The molecule has 0 bridgehead atoms. The van der Waals surface area contributed by atoms with Crippen LogP contribution in [0.1, 0.15) is 52.7 Å². The Morgan fingerprint density at radius 1 is 0.475 bits per heavy atom. The van der Waals surface area contributed by atoms with Crippen molar-refractivity contribution in [1.29, 1.82) is 0 Å². The Morgan fingerprint density at radius 2 is 1.18 bits per heavy atom. The average molecular weight is 787 g/mol. The Hall–Kier alpha value is -6.98. The third kappa shape index (κ3) is 4.72. The number of hydrogen-bond acceptors (Lipinski definition) is 3. The smallest absolute Gasteiger partial charge is 0.333 e. The molecule has 3 aromatic heterocycles. The number of benzene rings is 8. The van der Waals surface area contributed by atoms with Crippen LogP contribution in [0.2, 0.25) is 0 Å². The summed E-state index contributed by atoms with van der Waals surface area (Å²) in [6.07, 6.45) is 0. The van der Waals surface area contributed by atoms with E-state index in [4.69, 9.17) is 8.83 Å². The summed E-state index contributed by atoms with van der Waals surface area (Å²) in [5.41, 5.74) is 19.2. The molecule has 5 heterocycles.